The maximum atomic E-state index is 12.4. The number of carbonyl (C=O) groups is 2. The van der Waals surface area contributed by atoms with Crippen LogP contribution in [0, 0.1) is 0 Å². The van der Waals surface area contributed by atoms with Gasteiger partial charge in [0.05, 0.1) is 25.4 Å². The molecule has 0 rings (SSSR count). The summed E-state index contributed by atoms with van der Waals surface area (Å²) >= 11 is 0. The van der Waals surface area contributed by atoms with E-state index in [-0.39, 0.29) is 18.5 Å². The van der Waals surface area contributed by atoms with Gasteiger partial charge in [-0.05, 0) is 57.8 Å². The average Bonchev–Trinajstić information content (AvgIpc) is 3.27. The van der Waals surface area contributed by atoms with Crippen LogP contribution in [0.5, 0.6) is 0 Å². The Hall–Kier alpha value is -1.66. The maximum absolute atomic E-state index is 12.4. The van der Waals surface area contributed by atoms with Crippen LogP contribution in [0.2, 0.25) is 0 Å². The molecule has 2 atom stereocenters. The fraction of sp³-hybridized carbons (Fsp3) is 0.893. The van der Waals surface area contributed by atoms with Crippen LogP contribution in [0.4, 0.5) is 0 Å². The molecular formula is C56H107NO5. The predicted molar refractivity (Wildman–Crippen MR) is 269 cm³/mol. The third kappa shape index (κ3) is 47.8. The molecule has 0 saturated carbocycles. The monoisotopic (exact) mass is 874 g/mol. The summed E-state index contributed by atoms with van der Waals surface area (Å²) in [5.74, 6) is -0.0842. The van der Waals surface area contributed by atoms with Crippen molar-refractivity contribution in [3.63, 3.8) is 0 Å². The molecule has 2 unspecified atom stereocenters. The number of esters is 1. The summed E-state index contributed by atoms with van der Waals surface area (Å²) in [5.41, 5.74) is 0. The number of rotatable bonds is 51. The van der Waals surface area contributed by atoms with Gasteiger partial charge in [0.2, 0.25) is 5.91 Å². The molecule has 62 heavy (non-hydrogen) atoms. The molecule has 0 aromatic rings. The van der Waals surface area contributed by atoms with Crippen molar-refractivity contribution in [2.75, 3.05) is 13.2 Å². The van der Waals surface area contributed by atoms with Crippen LogP contribution in [0.25, 0.3) is 0 Å². The Balaban J connectivity index is 3.46. The van der Waals surface area contributed by atoms with E-state index in [9.17, 15) is 19.8 Å². The van der Waals surface area contributed by atoms with Crippen LogP contribution in [-0.4, -0.2) is 47.4 Å². The molecule has 0 bridgehead atoms. The van der Waals surface area contributed by atoms with E-state index in [1.807, 2.05) is 6.08 Å². The Morgan fingerprint density at radius 1 is 0.435 bits per heavy atom. The first-order chi connectivity index (χ1) is 30.5. The molecule has 0 fully saturated rings. The number of carbonyl (C=O) groups excluding carboxylic acids is 2. The van der Waals surface area contributed by atoms with Gasteiger partial charge in [-0.2, -0.15) is 0 Å². The zero-order valence-corrected chi connectivity index (χ0v) is 41.6. The minimum Gasteiger partial charge on any atom is -0.466 e. The van der Waals surface area contributed by atoms with E-state index < -0.39 is 12.1 Å². The van der Waals surface area contributed by atoms with Gasteiger partial charge in [0.1, 0.15) is 0 Å². The number of unbranched alkanes of at least 4 members (excludes halogenated alkanes) is 38. The molecular weight excluding hydrogens is 767 g/mol. The van der Waals surface area contributed by atoms with Gasteiger partial charge in [-0.25, -0.2) is 0 Å². The van der Waals surface area contributed by atoms with Crippen LogP contribution in [0.1, 0.15) is 296 Å². The molecule has 1 amide bonds. The highest BCUT2D eigenvalue weighted by Crippen LogP contribution is 2.16. The van der Waals surface area contributed by atoms with E-state index in [4.69, 9.17) is 4.74 Å². The van der Waals surface area contributed by atoms with Crippen LogP contribution in [0.3, 0.4) is 0 Å². The van der Waals surface area contributed by atoms with Gasteiger partial charge >= 0.3 is 5.97 Å². The molecule has 0 aromatic carbocycles. The summed E-state index contributed by atoms with van der Waals surface area (Å²) in [6, 6.07) is -0.634. The van der Waals surface area contributed by atoms with E-state index in [1.54, 1.807) is 6.08 Å². The van der Waals surface area contributed by atoms with E-state index in [0.717, 1.165) is 51.4 Å². The Morgan fingerprint density at radius 2 is 0.758 bits per heavy atom. The van der Waals surface area contributed by atoms with Gasteiger partial charge in [-0.15, -0.1) is 0 Å². The van der Waals surface area contributed by atoms with E-state index in [0.29, 0.717) is 19.4 Å². The Bertz CT molecular complexity index is 966. The zero-order chi connectivity index (χ0) is 45.1. The highest BCUT2D eigenvalue weighted by Gasteiger charge is 2.18. The lowest BCUT2D eigenvalue weighted by Gasteiger charge is -2.20. The molecule has 3 N–H and O–H groups in total. The van der Waals surface area contributed by atoms with Gasteiger partial charge in [0.25, 0.3) is 0 Å². The topological polar surface area (TPSA) is 95.9 Å². The summed E-state index contributed by atoms with van der Waals surface area (Å²) in [5, 5.41) is 23.1. The third-order valence-corrected chi connectivity index (χ3v) is 12.7. The number of aliphatic hydroxyl groups is 2. The van der Waals surface area contributed by atoms with E-state index in [1.165, 1.54) is 218 Å². The average molecular weight is 874 g/mol. The number of aliphatic hydroxyl groups excluding tert-OH is 2. The van der Waals surface area contributed by atoms with Crippen molar-refractivity contribution >= 4 is 11.9 Å². The molecule has 0 aliphatic carbocycles. The molecule has 0 aliphatic rings. The fourth-order valence-corrected chi connectivity index (χ4v) is 8.45. The van der Waals surface area contributed by atoms with Gasteiger partial charge in [0.15, 0.2) is 0 Å². The quantitative estimate of drug-likeness (QED) is 0.0321. The molecule has 366 valence electrons. The molecule has 0 radical (unpaired) electrons. The first-order valence-corrected chi connectivity index (χ1v) is 27.6. The lowest BCUT2D eigenvalue weighted by molar-refractivity contribution is -0.143. The number of allylic oxidation sites excluding steroid dienone is 3. The van der Waals surface area contributed by atoms with Gasteiger partial charge < -0.3 is 20.3 Å². The summed E-state index contributed by atoms with van der Waals surface area (Å²) in [6.07, 6.45) is 61.8. The number of hydrogen-bond donors (Lipinski definition) is 3. The van der Waals surface area contributed by atoms with Crippen molar-refractivity contribution in [2.24, 2.45) is 0 Å². The number of amides is 1. The fourth-order valence-electron chi connectivity index (χ4n) is 8.45. The standard InChI is InChI=1S/C56H107NO5/c1-3-5-7-9-11-13-15-17-20-24-28-32-36-40-44-48-54(59)53(52-58)57-55(60)49-45-41-37-33-29-25-22-19-23-27-31-35-39-43-47-51-62-56(61)50-46-42-38-34-30-26-21-18-16-14-12-10-8-6-4-2/h18,21,44,48,53-54,58-59H,3-17,19-20,22-43,45-47,49-52H2,1-2H3,(H,57,60)/b21-18-,48-44+. The molecule has 0 aliphatic heterocycles. The summed E-state index contributed by atoms with van der Waals surface area (Å²) in [4.78, 5) is 24.5. The first-order valence-electron chi connectivity index (χ1n) is 27.6. The summed E-state index contributed by atoms with van der Waals surface area (Å²) < 4.78 is 5.47. The first kappa shape index (κ1) is 60.3. The van der Waals surface area contributed by atoms with Crippen LogP contribution in [-0.2, 0) is 14.3 Å². The molecule has 6 heteroatoms. The third-order valence-electron chi connectivity index (χ3n) is 12.7. The van der Waals surface area contributed by atoms with Crippen molar-refractivity contribution in [1.82, 2.24) is 5.32 Å². The molecule has 0 spiro atoms. The highest BCUT2D eigenvalue weighted by atomic mass is 16.5. The van der Waals surface area contributed by atoms with Gasteiger partial charge in [0, 0.05) is 12.8 Å². The summed E-state index contributed by atoms with van der Waals surface area (Å²) in [7, 11) is 0. The van der Waals surface area contributed by atoms with Crippen LogP contribution in [0.15, 0.2) is 24.3 Å². The largest absolute Gasteiger partial charge is 0.466 e. The second kappa shape index (κ2) is 52.0. The van der Waals surface area contributed by atoms with E-state index in [2.05, 4.69) is 31.3 Å². The normalized spacial score (nSPS) is 12.8. The van der Waals surface area contributed by atoms with Crippen LogP contribution < -0.4 is 5.32 Å². The van der Waals surface area contributed by atoms with Crippen molar-refractivity contribution < 1.29 is 24.5 Å². The number of nitrogens with one attached hydrogen (secondary N) is 1. The molecule has 0 saturated heterocycles. The van der Waals surface area contributed by atoms with Gasteiger partial charge in [-0.3, -0.25) is 9.59 Å². The number of ether oxygens (including phenoxy) is 1. The second-order valence-electron chi connectivity index (χ2n) is 18.9. The highest BCUT2D eigenvalue weighted by molar-refractivity contribution is 5.76. The molecule has 0 aromatic heterocycles. The van der Waals surface area contributed by atoms with Crippen molar-refractivity contribution in [2.45, 2.75) is 309 Å². The van der Waals surface area contributed by atoms with Crippen molar-refractivity contribution in [3.8, 4) is 0 Å². The second-order valence-corrected chi connectivity index (χ2v) is 18.9. The van der Waals surface area contributed by atoms with Crippen LogP contribution >= 0.6 is 0 Å². The number of hydrogen-bond acceptors (Lipinski definition) is 5. The smallest absolute Gasteiger partial charge is 0.305 e. The molecule has 0 heterocycles. The van der Waals surface area contributed by atoms with Crippen molar-refractivity contribution in [1.29, 1.82) is 0 Å². The Labute approximate surface area is 386 Å². The van der Waals surface area contributed by atoms with E-state index >= 15 is 0 Å². The minimum atomic E-state index is -0.850. The van der Waals surface area contributed by atoms with Crippen molar-refractivity contribution in [3.05, 3.63) is 24.3 Å². The Morgan fingerprint density at radius 3 is 1.15 bits per heavy atom. The SMILES string of the molecule is CCCCCCCC/C=C\CCCCCCCC(=O)OCCCCCCCCCCCCCCCCCC(=O)NC(CO)C(O)/C=C/CCCCCCCCCCCCCCC. The Kier molecular flexibility index (Phi) is 50.6. The zero-order valence-electron chi connectivity index (χ0n) is 41.6. The minimum absolute atomic E-state index is 0.00836. The predicted octanol–water partition coefficient (Wildman–Crippen LogP) is 16.7. The van der Waals surface area contributed by atoms with Gasteiger partial charge in [-0.1, -0.05) is 250 Å². The summed E-state index contributed by atoms with van der Waals surface area (Å²) in [6.45, 7) is 4.88. The molecule has 6 nitrogen and oxygen atoms in total. The maximum Gasteiger partial charge on any atom is 0.305 e. The lowest BCUT2D eigenvalue weighted by atomic mass is 10.0. The lowest BCUT2D eigenvalue weighted by Crippen LogP contribution is -2.45.